The van der Waals surface area contributed by atoms with E-state index in [9.17, 15) is 0 Å². The third-order valence-electron chi connectivity index (χ3n) is 3.77. The number of aryl methyl sites for hydroxylation is 1. The third-order valence-corrected chi connectivity index (χ3v) is 4.07. The lowest BCUT2D eigenvalue weighted by atomic mass is 10.3. The Hall–Kier alpha value is -2.35. The second kappa shape index (κ2) is 7.48. The monoisotopic (exact) mass is 349 g/mol. The lowest BCUT2D eigenvalue weighted by Crippen LogP contribution is -2.44. The topological polar surface area (TPSA) is 91.5 Å². The maximum Gasteiger partial charge on any atom is 0.223 e. The van der Waals surface area contributed by atoms with Crippen molar-refractivity contribution in [3.8, 4) is 0 Å². The number of guanidine groups is 1. The Bertz CT molecular complexity index is 717. The number of halogens is 1. The molecule has 0 amide bonds. The van der Waals surface area contributed by atoms with E-state index < -0.39 is 0 Å². The van der Waals surface area contributed by atoms with Crippen LogP contribution in [-0.4, -0.2) is 47.3 Å². The zero-order valence-electron chi connectivity index (χ0n) is 13.7. The van der Waals surface area contributed by atoms with E-state index in [4.69, 9.17) is 16.1 Å². The molecule has 2 aromatic rings. The predicted molar refractivity (Wildman–Crippen MR) is 92.2 cm³/mol. The van der Waals surface area contributed by atoms with E-state index in [0.29, 0.717) is 29.2 Å². The lowest BCUT2D eigenvalue weighted by molar-refractivity contribution is 0.386. The maximum absolute atomic E-state index is 6.22. The van der Waals surface area contributed by atoms with Crippen LogP contribution in [0.15, 0.2) is 27.8 Å². The second-order valence-electron chi connectivity index (χ2n) is 5.54. The van der Waals surface area contributed by atoms with Crippen molar-refractivity contribution >= 4 is 23.4 Å². The molecule has 9 heteroatoms. The molecule has 3 rings (SSSR count). The van der Waals surface area contributed by atoms with Crippen molar-refractivity contribution in [1.29, 1.82) is 0 Å². The predicted octanol–water partition coefficient (Wildman–Crippen LogP) is 1.37. The molecule has 2 aromatic heterocycles. The molecule has 24 heavy (non-hydrogen) atoms. The number of hydrogen-bond acceptors (Lipinski definition) is 6. The molecule has 0 aromatic carbocycles. The Kier molecular flexibility index (Phi) is 5.14. The molecule has 3 heterocycles. The standard InChI is InChI=1S/C15H20ClN7O/c1-10-20-13(22-24-10)8-19-15(17-2)21-11-5-7-23(9-11)14-12(16)4-3-6-18-14/h3-4,6,11H,5,7-9H2,1-2H3,(H2,17,19,21). The number of hydrogen-bond donors (Lipinski definition) is 2. The number of nitrogens with one attached hydrogen (secondary N) is 2. The summed E-state index contributed by atoms with van der Waals surface area (Å²) in [5, 5.41) is 11.1. The fourth-order valence-corrected chi connectivity index (χ4v) is 2.89. The van der Waals surface area contributed by atoms with Gasteiger partial charge in [-0.1, -0.05) is 16.8 Å². The molecule has 1 saturated heterocycles. The number of anilines is 1. The number of aromatic nitrogens is 3. The molecule has 1 unspecified atom stereocenters. The van der Waals surface area contributed by atoms with Crippen molar-refractivity contribution in [3.05, 3.63) is 35.1 Å². The first-order valence-corrected chi connectivity index (χ1v) is 8.15. The molecular formula is C15H20ClN7O. The van der Waals surface area contributed by atoms with Crippen LogP contribution in [-0.2, 0) is 6.54 Å². The third kappa shape index (κ3) is 3.94. The van der Waals surface area contributed by atoms with Gasteiger partial charge < -0.3 is 20.1 Å². The number of rotatable bonds is 4. The van der Waals surface area contributed by atoms with Crippen molar-refractivity contribution in [1.82, 2.24) is 25.8 Å². The minimum absolute atomic E-state index is 0.265. The summed E-state index contributed by atoms with van der Waals surface area (Å²) in [6, 6.07) is 3.96. The van der Waals surface area contributed by atoms with E-state index in [-0.39, 0.29) is 6.04 Å². The average molecular weight is 350 g/mol. The first-order chi connectivity index (χ1) is 11.7. The summed E-state index contributed by atoms with van der Waals surface area (Å²) >= 11 is 6.22. The van der Waals surface area contributed by atoms with Gasteiger partial charge in [0.05, 0.1) is 11.6 Å². The van der Waals surface area contributed by atoms with Gasteiger partial charge in [-0.25, -0.2) is 4.98 Å². The molecule has 0 radical (unpaired) electrons. The van der Waals surface area contributed by atoms with E-state index in [1.54, 1.807) is 20.2 Å². The zero-order valence-corrected chi connectivity index (χ0v) is 14.4. The van der Waals surface area contributed by atoms with Crippen LogP contribution in [0.1, 0.15) is 18.1 Å². The van der Waals surface area contributed by atoms with Crippen LogP contribution in [0, 0.1) is 6.92 Å². The van der Waals surface area contributed by atoms with Crippen LogP contribution >= 0.6 is 11.6 Å². The lowest BCUT2D eigenvalue weighted by Gasteiger charge is -2.20. The average Bonchev–Trinajstić information content (AvgIpc) is 3.21. The first-order valence-electron chi connectivity index (χ1n) is 7.77. The quantitative estimate of drug-likeness (QED) is 0.636. The summed E-state index contributed by atoms with van der Waals surface area (Å²) in [6.07, 6.45) is 2.74. The van der Waals surface area contributed by atoms with Crippen molar-refractivity contribution in [3.63, 3.8) is 0 Å². The van der Waals surface area contributed by atoms with Gasteiger partial charge >= 0.3 is 0 Å². The van der Waals surface area contributed by atoms with E-state index in [2.05, 4.69) is 35.7 Å². The van der Waals surface area contributed by atoms with Crippen LogP contribution in [0.4, 0.5) is 5.82 Å². The van der Waals surface area contributed by atoms with Gasteiger partial charge in [0.15, 0.2) is 11.8 Å². The summed E-state index contributed by atoms with van der Waals surface area (Å²) < 4.78 is 4.95. The van der Waals surface area contributed by atoms with Gasteiger partial charge in [0.1, 0.15) is 5.82 Å². The van der Waals surface area contributed by atoms with Gasteiger partial charge in [-0.3, -0.25) is 4.99 Å². The Morgan fingerprint density at radius 1 is 1.54 bits per heavy atom. The van der Waals surface area contributed by atoms with E-state index >= 15 is 0 Å². The van der Waals surface area contributed by atoms with Crippen molar-refractivity contribution < 1.29 is 4.52 Å². The fourth-order valence-electron chi connectivity index (χ4n) is 2.64. The normalized spacial score (nSPS) is 18.0. The Morgan fingerprint density at radius 3 is 3.12 bits per heavy atom. The van der Waals surface area contributed by atoms with Crippen molar-refractivity contribution in [2.24, 2.45) is 4.99 Å². The summed E-state index contributed by atoms with van der Waals surface area (Å²) in [6.45, 7) is 3.94. The smallest absolute Gasteiger partial charge is 0.223 e. The number of nitrogens with zero attached hydrogens (tertiary/aromatic N) is 5. The van der Waals surface area contributed by atoms with Gasteiger partial charge in [-0.2, -0.15) is 4.98 Å². The minimum atomic E-state index is 0.265. The molecule has 0 saturated carbocycles. The van der Waals surface area contributed by atoms with Gasteiger partial charge in [-0.15, -0.1) is 0 Å². The highest BCUT2D eigenvalue weighted by molar-refractivity contribution is 6.32. The van der Waals surface area contributed by atoms with Gasteiger partial charge in [-0.05, 0) is 18.6 Å². The van der Waals surface area contributed by atoms with Crippen LogP contribution in [0.2, 0.25) is 5.02 Å². The van der Waals surface area contributed by atoms with Crippen LogP contribution in [0.25, 0.3) is 0 Å². The van der Waals surface area contributed by atoms with Crippen LogP contribution in [0.3, 0.4) is 0 Å². The van der Waals surface area contributed by atoms with Gasteiger partial charge in [0.2, 0.25) is 5.89 Å². The maximum atomic E-state index is 6.22. The fraction of sp³-hybridized carbons (Fsp3) is 0.467. The van der Waals surface area contributed by atoms with Gasteiger partial charge in [0.25, 0.3) is 0 Å². The summed E-state index contributed by atoms with van der Waals surface area (Å²) in [7, 11) is 1.74. The molecule has 1 atom stereocenters. The molecule has 128 valence electrons. The van der Waals surface area contributed by atoms with Crippen LogP contribution in [0.5, 0.6) is 0 Å². The molecule has 0 spiro atoms. The van der Waals surface area contributed by atoms with Gasteiger partial charge in [0, 0.05) is 39.3 Å². The molecular weight excluding hydrogens is 330 g/mol. The Labute approximate surface area is 145 Å². The van der Waals surface area contributed by atoms with Crippen LogP contribution < -0.4 is 15.5 Å². The molecule has 1 fully saturated rings. The summed E-state index contributed by atoms with van der Waals surface area (Å²) in [5.74, 6) is 2.68. The molecule has 1 aliphatic heterocycles. The first kappa shape index (κ1) is 16.5. The molecule has 8 nitrogen and oxygen atoms in total. The SMILES string of the molecule is CN=C(NCc1noc(C)n1)NC1CCN(c2ncccc2Cl)C1. The highest BCUT2D eigenvalue weighted by atomic mass is 35.5. The number of pyridine rings is 1. The summed E-state index contributed by atoms with van der Waals surface area (Å²) in [5.41, 5.74) is 0. The zero-order chi connectivity index (χ0) is 16.9. The highest BCUT2D eigenvalue weighted by Gasteiger charge is 2.25. The molecule has 2 N–H and O–H groups in total. The molecule has 0 aliphatic carbocycles. The van der Waals surface area contributed by atoms with E-state index in [1.807, 2.05) is 12.1 Å². The second-order valence-corrected chi connectivity index (χ2v) is 5.95. The highest BCUT2D eigenvalue weighted by Crippen LogP contribution is 2.25. The molecule has 0 bridgehead atoms. The van der Waals surface area contributed by atoms with E-state index in [0.717, 1.165) is 25.3 Å². The van der Waals surface area contributed by atoms with Crippen molar-refractivity contribution in [2.75, 3.05) is 25.0 Å². The van der Waals surface area contributed by atoms with E-state index in [1.165, 1.54) is 0 Å². The Balaban J connectivity index is 1.53. The summed E-state index contributed by atoms with van der Waals surface area (Å²) in [4.78, 5) is 14.9. The number of aliphatic imine (C=N–C) groups is 1. The largest absolute Gasteiger partial charge is 0.353 e. The molecule has 1 aliphatic rings. The Morgan fingerprint density at radius 2 is 2.42 bits per heavy atom. The minimum Gasteiger partial charge on any atom is -0.353 e. The van der Waals surface area contributed by atoms with Crippen molar-refractivity contribution in [2.45, 2.75) is 25.9 Å².